The molecule has 0 fully saturated rings. The van der Waals surface area contributed by atoms with Crippen LogP contribution in [0.2, 0.25) is 0 Å². The first-order valence-electron chi connectivity index (χ1n) is 7.60. The maximum atomic E-state index is 11.9. The second-order valence-corrected chi connectivity index (χ2v) is 5.31. The molecule has 122 valence electrons. The van der Waals surface area contributed by atoms with Crippen molar-refractivity contribution in [3.8, 4) is 5.75 Å². The predicted molar refractivity (Wildman–Crippen MR) is 92.3 cm³/mol. The number of carbonyl (C=O) groups is 1. The quantitative estimate of drug-likeness (QED) is 0.623. The molecule has 0 radical (unpaired) electrons. The first kappa shape index (κ1) is 16.7. The average Bonchev–Trinajstić information content (AvgIpc) is 2.50. The number of anilines is 3. The van der Waals surface area contributed by atoms with Crippen molar-refractivity contribution in [3.63, 3.8) is 0 Å². The molecule has 0 bridgehead atoms. The summed E-state index contributed by atoms with van der Waals surface area (Å²) in [6.45, 7) is 6.12. The molecule has 5 nitrogen and oxygen atoms in total. The molecule has 2 aromatic rings. The molecule has 0 unspecified atom stereocenters. The van der Waals surface area contributed by atoms with E-state index in [0.29, 0.717) is 23.5 Å². The monoisotopic (exact) mass is 314 g/mol. The second-order valence-electron chi connectivity index (χ2n) is 5.31. The molecule has 2 rings (SSSR count). The van der Waals surface area contributed by atoms with Gasteiger partial charge in [-0.3, -0.25) is 0 Å². The van der Waals surface area contributed by atoms with Crippen molar-refractivity contribution < 1.29 is 14.3 Å². The Labute approximate surface area is 136 Å². The molecule has 5 heteroatoms. The molecule has 0 heterocycles. The summed E-state index contributed by atoms with van der Waals surface area (Å²) in [5.41, 5.74) is 8.47. The molecule has 0 atom stereocenters. The Hall–Kier alpha value is -2.69. The fraction of sp³-hybridized carbons (Fsp3) is 0.278. The summed E-state index contributed by atoms with van der Waals surface area (Å²) in [5.74, 6) is 0.366. The Kier molecular flexibility index (Phi) is 5.46. The lowest BCUT2D eigenvalue weighted by Gasteiger charge is -2.14. The zero-order chi connectivity index (χ0) is 16.8. The standard InChI is InChI=1S/C18H22N2O3/c1-4-22-17-8-6-5-7-16(17)20-15-10-9-13(11-14(15)19)18(21)23-12(2)3/h5-12,20H,4,19H2,1-3H3. The second kappa shape index (κ2) is 7.54. The van der Waals surface area contributed by atoms with E-state index in [1.54, 1.807) is 18.2 Å². The van der Waals surface area contributed by atoms with Crippen molar-refractivity contribution in [3.05, 3.63) is 48.0 Å². The number of carbonyl (C=O) groups excluding carboxylic acids is 1. The van der Waals surface area contributed by atoms with Crippen molar-refractivity contribution in [2.24, 2.45) is 0 Å². The van der Waals surface area contributed by atoms with Crippen LogP contribution in [0.15, 0.2) is 42.5 Å². The van der Waals surface area contributed by atoms with Crippen LogP contribution in [-0.2, 0) is 4.74 Å². The molecule has 0 aliphatic carbocycles. The summed E-state index contributed by atoms with van der Waals surface area (Å²) in [7, 11) is 0. The molecule has 0 aliphatic rings. The molecular weight excluding hydrogens is 292 g/mol. The molecule has 23 heavy (non-hydrogen) atoms. The fourth-order valence-corrected chi connectivity index (χ4v) is 2.08. The largest absolute Gasteiger partial charge is 0.492 e. The molecule has 0 saturated carbocycles. The minimum absolute atomic E-state index is 0.167. The van der Waals surface area contributed by atoms with Crippen LogP contribution in [0, 0.1) is 0 Å². The number of rotatable bonds is 6. The Morgan fingerprint density at radius 2 is 1.91 bits per heavy atom. The number of esters is 1. The van der Waals surface area contributed by atoms with Crippen LogP contribution < -0.4 is 15.8 Å². The summed E-state index contributed by atoms with van der Waals surface area (Å²) >= 11 is 0. The van der Waals surface area contributed by atoms with E-state index in [9.17, 15) is 4.79 Å². The van der Waals surface area contributed by atoms with Gasteiger partial charge in [-0.15, -0.1) is 0 Å². The summed E-state index contributed by atoms with van der Waals surface area (Å²) in [5, 5.41) is 3.23. The van der Waals surface area contributed by atoms with Gasteiger partial charge in [0.2, 0.25) is 0 Å². The van der Waals surface area contributed by atoms with Gasteiger partial charge in [-0.05, 0) is 51.1 Å². The van der Waals surface area contributed by atoms with Gasteiger partial charge in [0.1, 0.15) is 5.75 Å². The van der Waals surface area contributed by atoms with Crippen LogP contribution in [0.25, 0.3) is 0 Å². The van der Waals surface area contributed by atoms with E-state index in [-0.39, 0.29) is 12.1 Å². The maximum Gasteiger partial charge on any atom is 0.338 e. The van der Waals surface area contributed by atoms with Crippen molar-refractivity contribution in [2.75, 3.05) is 17.7 Å². The third kappa shape index (κ3) is 4.39. The van der Waals surface area contributed by atoms with Crippen LogP contribution in [0.1, 0.15) is 31.1 Å². The van der Waals surface area contributed by atoms with E-state index >= 15 is 0 Å². The van der Waals surface area contributed by atoms with Gasteiger partial charge >= 0.3 is 5.97 Å². The topological polar surface area (TPSA) is 73.6 Å². The van der Waals surface area contributed by atoms with Gasteiger partial charge in [-0.25, -0.2) is 4.79 Å². The predicted octanol–water partition coefficient (Wildman–Crippen LogP) is 3.98. The molecule has 0 spiro atoms. The number of hydrogen-bond donors (Lipinski definition) is 2. The van der Waals surface area contributed by atoms with Gasteiger partial charge < -0.3 is 20.5 Å². The van der Waals surface area contributed by atoms with Gasteiger partial charge in [-0.2, -0.15) is 0 Å². The summed E-state index contributed by atoms with van der Waals surface area (Å²) in [6.07, 6.45) is -0.167. The van der Waals surface area contributed by atoms with E-state index < -0.39 is 0 Å². The molecule has 0 aliphatic heterocycles. The van der Waals surface area contributed by atoms with Crippen LogP contribution in [0.5, 0.6) is 5.75 Å². The summed E-state index contributed by atoms with van der Waals surface area (Å²) in [6, 6.07) is 12.7. The smallest absolute Gasteiger partial charge is 0.338 e. The first-order chi connectivity index (χ1) is 11.0. The van der Waals surface area contributed by atoms with Gasteiger partial charge in [0.05, 0.1) is 35.3 Å². The van der Waals surface area contributed by atoms with Crippen LogP contribution >= 0.6 is 0 Å². The highest BCUT2D eigenvalue weighted by atomic mass is 16.5. The molecule has 0 saturated heterocycles. The van der Waals surface area contributed by atoms with Crippen LogP contribution in [-0.4, -0.2) is 18.7 Å². The normalized spacial score (nSPS) is 10.4. The molecule has 0 amide bonds. The molecular formula is C18H22N2O3. The van der Waals surface area contributed by atoms with E-state index in [4.69, 9.17) is 15.2 Å². The summed E-state index contributed by atoms with van der Waals surface area (Å²) < 4.78 is 10.7. The number of ether oxygens (including phenoxy) is 2. The lowest BCUT2D eigenvalue weighted by atomic mass is 10.1. The van der Waals surface area contributed by atoms with Crippen molar-refractivity contribution in [2.45, 2.75) is 26.9 Å². The Morgan fingerprint density at radius 1 is 1.17 bits per heavy atom. The SMILES string of the molecule is CCOc1ccccc1Nc1ccc(C(=O)OC(C)C)cc1N. The molecule has 2 aromatic carbocycles. The Balaban J connectivity index is 2.20. The highest BCUT2D eigenvalue weighted by molar-refractivity contribution is 5.92. The van der Waals surface area contributed by atoms with E-state index in [1.807, 2.05) is 45.0 Å². The maximum absolute atomic E-state index is 11.9. The number of nitrogens with one attached hydrogen (secondary N) is 1. The zero-order valence-corrected chi connectivity index (χ0v) is 13.6. The zero-order valence-electron chi connectivity index (χ0n) is 13.6. The van der Waals surface area contributed by atoms with Crippen molar-refractivity contribution in [1.29, 1.82) is 0 Å². The number of hydrogen-bond acceptors (Lipinski definition) is 5. The number of para-hydroxylation sites is 2. The summed E-state index contributed by atoms with van der Waals surface area (Å²) in [4.78, 5) is 11.9. The third-order valence-electron chi connectivity index (χ3n) is 3.09. The highest BCUT2D eigenvalue weighted by Crippen LogP contribution is 2.30. The third-order valence-corrected chi connectivity index (χ3v) is 3.09. The number of nitrogen functional groups attached to an aromatic ring is 1. The van der Waals surface area contributed by atoms with Crippen molar-refractivity contribution in [1.82, 2.24) is 0 Å². The van der Waals surface area contributed by atoms with E-state index in [2.05, 4.69) is 5.32 Å². The number of benzene rings is 2. The van der Waals surface area contributed by atoms with Gasteiger partial charge in [0, 0.05) is 0 Å². The average molecular weight is 314 g/mol. The Morgan fingerprint density at radius 3 is 2.57 bits per heavy atom. The van der Waals surface area contributed by atoms with Gasteiger partial charge in [0.25, 0.3) is 0 Å². The van der Waals surface area contributed by atoms with Crippen LogP contribution in [0.4, 0.5) is 17.1 Å². The van der Waals surface area contributed by atoms with Gasteiger partial charge in [0.15, 0.2) is 0 Å². The number of nitrogens with two attached hydrogens (primary N) is 1. The van der Waals surface area contributed by atoms with Crippen molar-refractivity contribution >= 4 is 23.0 Å². The molecule has 0 aromatic heterocycles. The van der Waals surface area contributed by atoms with Crippen LogP contribution in [0.3, 0.4) is 0 Å². The first-order valence-corrected chi connectivity index (χ1v) is 7.60. The minimum atomic E-state index is -0.382. The van der Waals surface area contributed by atoms with E-state index in [0.717, 1.165) is 11.4 Å². The lowest BCUT2D eigenvalue weighted by Crippen LogP contribution is -2.12. The molecule has 3 N–H and O–H groups in total. The highest BCUT2D eigenvalue weighted by Gasteiger charge is 2.12. The lowest BCUT2D eigenvalue weighted by molar-refractivity contribution is 0.0378. The fourth-order valence-electron chi connectivity index (χ4n) is 2.08. The van der Waals surface area contributed by atoms with E-state index in [1.165, 1.54) is 0 Å². The van der Waals surface area contributed by atoms with Gasteiger partial charge in [-0.1, -0.05) is 12.1 Å². The minimum Gasteiger partial charge on any atom is -0.492 e. The Bertz CT molecular complexity index is 684.